The van der Waals surface area contributed by atoms with Crippen molar-refractivity contribution in [3.05, 3.63) is 53.6 Å². The minimum Gasteiger partial charge on any atom is -0.493 e. The molecule has 1 atom stereocenters. The normalized spacial score (nSPS) is 11.6. The molecule has 7 nitrogen and oxygen atoms in total. The summed E-state index contributed by atoms with van der Waals surface area (Å²) in [5.74, 6) is 1.03. The first kappa shape index (κ1) is 22.1. The maximum absolute atomic E-state index is 12.7. The molecule has 156 valence electrons. The molecule has 2 amide bonds. The van der Waals surface area contributed by atoms with Crippen molar-refractivity contribution in [1.29, 1.82) is 0 Å². The molecule has 2 rings (SSSR count). The van der Waals surface area contributed by atoms with Crippen LogP contribution in [0.4, 0.5) is 0 Å². The van der Waals surface area contributed by atoms with Gasteiger partial charge < -0.3 is 25.3 Å². The molecule has 0 saturated carbocycles. The average Bonchev–Trinajstić information content (AvgIpc) is 2.70. The molecule has 0 aliphatic heterocycles. The molecule has 2 aromatic rings. The Labute approximate surface area is 171 Å². The van der Waals surface area contributed by atoms with Gasteiger partial charge >= 0.3 is 0 Å². The van der Waals surface area contributed by atoms with E-state index in [2.05, 4.69) is 19.2 Å². The Hall–Kier alpha value is -3.22. The molecule has 0 aromatic heterocycles. The molecular weight excluding hydrogens is 372 g/mol. The fourth-order valence-electron chi connectivity index (χ4n) is 2.62. The fraction of sp³-hybridized carbons (Fsp3) is 0.364. The minimum absolute atomic E-state index is 0.292. The van der Waals surface area contributed by atoms with Gasteiger partial charge in [-0.25, -0.2) is 0 Å². The van der Waals surface area contributed by atoms with Crippen molar-refractivity contribution in [3.63, 3.8) is 0 Å². The van der Waals surface area contributed by atoms with E-state index in [1.54, 1.807) is 31.4 Å². The maximum Gasteiger partial charge on any atom is 0.255 e. The van der Waals surface area contributed by atoms with Crippen molar-refractivity contribution in [1.82, 2.24) is 5.32 Å². The van der Waals surface area contributed by atoms with Gasteiger partial charge in [-0.2, -0.15) is 0 Å². The van der Waals surface area contributed by atoms with E-state index in [0.717, 1.165) is 5.56 Å². The molecule has 29 heavy (non-hydrogen) atoms. The Bertz CT molecular complexity index is 851. The van der Waals surface area contributed by atoms with Crippen molar-refractivity contribution in [2.24, 2.45) is 11.7 Å². The standard InChI is InChI=1S/C22H28N2O5/c1-14(2)12-28-19-10-9-16(11-20(19)27-4)15(3)24-22(26)17-7-5-6-8-18(17)29-13-21(23)25/h5-11,14-15H,12-13H2,1-4H3,(H2,23,25)(H,24,26)/t15-/m1/s1. The molecule has 0 saturated heterocycles. The van der Waals surface area contributed by atoms with Crippen LogP contribution in [0.2, 0.25) is 0 Å². The fourth-order valence-corrected chi connectivity index (χ4v) is 2.62. The van der Waals surface area contributed by atoms with Crippen LogP contribution < -0.4 is 25.3 Å². The number of carbonyl (C=O) groups is 2. The number of amides is 2. The predicted octanol–water partition coefficient (Wildman–Crippen LogP) is 3.09. The number of methoxy groups -OCH3 is 1. The van der Waals surface area contributed by atoms with Crippen molar-refractivity contribution in [3.8, 4) is 17.2 Å². The molecule has 0 aliphatic rings. The zero-order chi connectivity index (χ0) is 21.4. The maximum atomic E-state index is 12.7. The van der Waals surface area contributed by atoms with E-state index in [1.165, 1.54) is 0 Å². The van der Waals surface area contributed by atoms with Crippen LogP contribution in [0.3, 0.4) is 0 Å². The van der Waals surface area contributed by atoms with Crippen molar-refractivity contribution < 1.29 is 23.8 Å². The van der Waals surface area contributed by atoms with Gasteiger partial charge in [0.05, 0.1) is 25.3 Å². The first-order valence-electron chi connectivity index (χ1n) is 9.43. The number of nitrogens with one attached hydrogen (secondary N) is 1. The Morgan fingerprint density at radius 3 is 2.38 bits per heavy atom. The van der Waals surface area contributed by atoms with E-state index in [0.29, 0.717) is 35.3 Å². The number of ether oxygens (including phenoxy) is 3. The number of nitrogens with two attached hydrogens (primary N) is 1. The highest BCUT2D eigenvalue weighted by Crippen LogP contribution is 2.31. The van der Waals surface area contributed by atoms with E-state index in [1.807, 2.05) is 25.1 Å². The lowest BCUT2D eigenvalue weighted by molar-refractivity contribution is -0.119. The lowest BCUT2D eigenvalue weighted by Gasteiger charge is -2.18. The van der Waals surface area contributed by atoms with Crippen molar-refractivity contribution in [2.45, 2.75) is 26.8 Å². The smallest absolute Gasteiger partial charge is 0.255 e. The lowest BCUT2D eigenvalue weighted by atomic mass is 10.1. The van der Waals surface area contributed by atoms with Gasteiger partial charge in [-0.15, -0.1) is 0 Å². The summed E-state index contributed by atoms with van der Waals surface area (Å²) in [6.45, 7) is 6.31. The molecule has 7 heteroatoms. The third kappa shape index (κ3) is 6.41. The van der Waals surface area contributed by atoms with Crippen LogP contribution in [0.1, 0.15) is 42.7 Å². The van der Waals surface area contributed by atoms with Gasteiger partial charge in [0.15, 0.2) is 18.1 Å². The topological polar surface area (TPSA) is 99.9 Å². The van der Waals surface area contributed by atoms with Gasteiger partial charge in [0, 0.05) is 0 Å². The molecule has 0 aliphatic carbocycles. The molecule has 0 radical (unpaired) electrons. The van der Waals surface area contributed by atoms with E-state index in [-0.39, 0.29) is 18.6 Å². The molecule has 0 heterocycles. The van der Waals surface area contributed by atoms with E-state index in [9.17, 15) is 9.59 Å². The van der Waals surface area contributed by atoms with Crippen molar-refractivity contribution in [2.75, 3.05) is 20.3 Å². The summed E-state index contributed by atoms with van der Waals surface area (Å²) in [7, 11) is 1.58. The molecular formula is C22H28N2O5. The van der Waals surface area contributed by atoms with Gasteiger partial charge in [0.1, 0.15) is 5.75 Å². The monoisotopic (exact) mass is 400 g/mol. The zero-order valence-corrected chi connectivity index (χ0v) is 17.2. The number of para-hydroxylation sites is 1. The molecule has 3 N–H and O–H groups in total. The van der Waals surface area contributed by atoms with Gasteiger partial charge in [-0.05, 0) is 42.7 Å². The van der Waals surface area contributed by atoms with Crippen LogP contribution in [-0.2, 0) is 4.79 Å². The lowest BCUT2D eigenvalue weighted by Crippen LogP contribution is -2.28. The summed E-state index contributed by atoms with van der Waals surface area (Å²) in [6.07, 6.45) is 0. The number of carbonyl (C=O) groups excluding carboxylic acids is 2. The number of benzene rings is 2. The third-order valence-electron chi connectivity index (χ3n) is 4.11. The molecule has 0 fully saturated rings. The quantitative estimate of drug-likeness (QED) is 0.638. The van der Waals surface area contributed by atoms with Crippen molar-refractivity contribution >= 4 is 11.8 Å². The Morgan fingerprint density at radius 2 is 1.72 bits per heavy atom. The second-order valence-corrected chi connectivity index (χ2v) is 7.06. The second-order valence-electron chi connectivity index (χ2n) is 7.06. The molecule has 0 spiro atoms. The van der Waals surface area contributed by atoms with E-state index < -0.39 is 5.91 Å². The first-order chi connectivity index (χ1) is 13.8. The minimum atomic E-state index is -0.611. The van der Waals surface area contributed by atoms with E-state index in [4.69, 9.17) is 19.9 Å². The largest absolute Gasteiger partial charge is 0.493 e. The van der Waals surface area contributed by atoms with Crippen LogP contribution in [-0.4, -0.2) is 32.1 Å². The average molecular weight is 400 g/mol. The van der Waals surface area contributed by atoms with Gasteiger partial charge in [0.25, 0.3) is 11.8 Å². The third-order valence-corrected chi connectivity index (χ3v) is 4.11. The summed E-state index contributed by atoms with van der Waals surface area (Å²) in [5, 5.41) is 2.93. The van der Waals surface area contributed by atoms with Crippen LogP contribution >= 0.6 is 0 Å². The summed E-state index contributed by atoms with van der Waals surface area (Å²) in [5.41, 5.74) is 6.30. The highest BCUT2D eigenvalue weighted by Gasteiger charge is 2.17. The summed E-state index contributed by atoms with van der Waals surface area (Å²) in [6, 6.07) is 12.0. The summed E-state index contributed by atoms with van der Waals surface area (Å²) >= 11 is 0. The predicted molar refractivity (Wildman–Crippen MR) is 110 cm³/mol. The highest BCUT2D eigenvalue weighted by atomic mass is 16.5. The number of hydrogen-bond donors (Lipinski definition) is 2. The second kappa shape index (κ2) is 10.4. The SMILES string of the molecule is COc1cc([C@@H](C)NC(=O)c2ccccc2OCC(N)=O)ccc1OCC(C)C. The number of hydrogen-bond acceptors (Lipinski definition) is 5. The van der Waals surface area contributed by atoms with Crippen LogP contribution in [0.5, 0.6) is 17.2 Å². The number of primary amides is 1. The molecule has 0 bridgehead atoms. The van der Waals surface area contributed by atoms with Gasteiger partial charge in [-0.1, -0.05) is 32.0 Å². The van der Waals surface area contributed by atoms with E-state index >= 15 is 0 Å². The summed E-state index contributed by atoms with van der Waals surface area (Å²) < 4.78 is 16.5. The van der Waals surface area contributed by atoms with Crippen LogP contribution in [0.15, 0.2) is 42.5 Å². The van der Waals surface area contributed by atoms with Gasteiger partial charge in [0.2, 0.25) is 0 Å². The summed E-state index contributed by atoms with van der Waals surface area (Å²) in [4.78, 5) is 23.7. The van der Waals surface area contributed by atoms with Crippen LogP contribution in [0.25, 0.3) is 0 Å². The Morgan fingerprint density at radius 1 is 1.00 bits per heavy atom. The Balaban J connectivity index is 2.12. The van der Waals surface area contributed by atoms with Crippen LogP contribution in [0, 0.1) is 5.92 Å². The first-order valence-corrected chi connectivity index (χ1v) is 9.43. The number of rotatable bonds is 10. The zero-order valence-electron chi connectivity index (χ0n) is 17.2. The Kier molecular flexibility index (Phi) is 7.88. The van der Waals surface area contributed by atoms with Gasteiger partial charge in [-0.3, -0.25) is 9.59 Å². The molecule has 2 aromatic carbocycles. The molecule has 0 unspecified atom stereocenters. The highest BCUT2D eigenvalue weighted by molar-refractivity contribution is 5.97.